The Morgan fingerprint density at radius 3 is 2.55 bits per heavy atom. The van der Waals surface area contributed by atoms with Crippen LogP contribution in [0.2, 0.25) is 10.0 Å². The minimum atomic E-state index is -1.14. The predicted molar refractivity (Wildman–Crippen MR) is 165 cm³/mol. The summed E-state index contributed by atoms with van der Waals surface area (Å²) in [7, 11) is 0. The van der Waals surface area contributed by atoms with Gasteiger partial charge in [0, 0.05) is 37.9 Å². The molecule has 3 heterocycles. The minimum absolute atomic E-state index is 0.141. The number of rotatable bonds is 10. The first-order valence-corrected chi connectivity index (χ1v) is 15.3. The zero-order valence-corrected chi connectivity index (χ0v) is 25.6. The molecule has 1 aliphatic rings. The molecule has 42 heavy (non-hydrogen) atoms. The van der Waals surface area contributed by atoms with E-state index in [-0.39, 0.29) is 24.2 Å². The highest BCUT2D eigenvalue weighted by Crippen LogP contribution is 2.41. The maximum absolute atomic E-state index is 12.9. The molecule has 1 atom stereocenters. The van der Waals surface area contributed by atoms with Crippen molar-refractivity contribution in [2.75, 3.05) is 19.6 Å². The molecule has 3 N–H and O–H groups in total. The number of carbonyl (C=O) groups is 4. The van der Waals surface area contributed by atoms with E-state index in [1.165, 1.54) is 23.9 Å². The first-order valence-electron chi connectivity index (χ1n) is 13.6. The van der Waals surface area contributed by atoms with Crippen LogP contribution >= 0.6 is 34.5 Å². The van der Waals surface area contributed by atoms with E-state index in [2.05, 4.69) is 34.8 Å². The summed E-state index contributed by atoms with van der Waals surface area (Å²) in [6.07, 6.45) is 5.23. The van der Waals surface area contributed by atoms with E-state index in [1.807, 2.05) is 6.07 Å². The van der Waals surface area contributed by atoms with Crippen LogP contribution in [-0.4, -0.2) is 64.4 Å². The number of halogens is 2. The number of nitrogens with one attached hydrogen (secondary N) is 2. The molecule has 222 valence electrons. The average Bonchev–Trinajstić information content (AvgIpc) is 3.41. The fraction of sp³-hybridized carbons (Fsp3) is 0.367. The number of carboxylic acids is 1. The molecule has 0 radical (unpaired) electrons. The number of likely N-dealkylation sites (tertiary alicyclic amines) is 1. The number of benzene rings is 1. The van der Waals surface area contributed by atoms with Gasteiger partial charge in [-0.2, -0.15) is 0 Å². The van der Waals surface area contributed by atoms with Gasteiger partial charge in [-0.05, 0) is 64.9 Å². The van der Waals surface area contributed by atoms with Crippen LogP contribution in [0.5, 0.6) is 0 Å². The molecule has 1 saturated heterocycles. The van der Waals surface area contributed by atoms with Crippen LogP contribution in [0.3, 0.4) is 0 Å². The summed E-state index contributed by atoms with van der Waals surface area (Å²) in [5, 5.41) is 18.8. The molecule has 3 aromatic rings. The second kappa shape index (κ2) is 14.1. The van der Waals surface area contributed by atoms with Crippen LogP contribution in [0.1, 0.15) is 60.6 Å². The summed E-state index contributed by atoms with van der Waals surface area (Å²) in [5.41, 5.74) is 2.03. The summed E-state index contributed by atoms with van der Waals surface area (Å²) in [6.45, 7) is 4.93. The summed E-state index contributed by atoms with van der Waals surface area (Å²) >= 11 is 14.6. The number of hydrogen-bond donors (Lipinski definition) is 3. The van der Waals surface area contributed by atoms with E-state index < -0.39 is 30.1 Å². The molecule has 0 spiro atoms. The maximum Gasteiger partial charge on any atom is 0.304 e. The number of hydrogen-bond acceptors (Lipinski definition) is 6. The summed E-state index contributed by atoms with van der Waals surface area (Å²) in [4.78, 5) is 55.2. The molecule has 9 nitrogen and oxygen atoms in total. The van der Waals surface area contributed by atoms with Crippen LogP contribution in [0.15, 0.2) is 41.9 Å². The Bertz CT molecular complexity index is 1500. The zero-order valence-electron chi connectivity index (χ0n) is 23.2. The monoisotopic (exact) mass is 630 g/mol. The van der Waals surface area contributed by atoms with Gasteiger partial charge < -0.3 is 20.6 Å². The van der Waals surface area contributed by atoms with Crippen molar-refractivity contribution in [1.82, 2.24) is 20.5 Å². The van der Waals surface area contributed by atoms with Crippen molar-refractivity contribution in [1.29, 1.82) is 0 Å². The largest absolute Gasteiger partial charge is 0.481 e. The van der Waals surface area contributed by atoms with E-state index in [4.69, 9.17) is 23.2 Å². The van der Waals surface area contributed by atoms with Crippen molar-refractivity contribution < 1.29 is 24.3 Å². The molecule has 1 fully saturated rings. The fourth-order valence-electron chi connectivity index (χ4n) is 4.81. The number of nitrogens with zero attached hydrogens (tertiary/aromatic N) is 2. The van der Waals surface area contributed by atoms with Crippen molar-refractivity contribution in [3.63, 3.8) is 0 Å². The van der Waals surface area contributed by atoms with Crippen LogP contribution in [0.25, 0.3) is 16.2 Å². The molecule has 4 rings (SSSR count). The van der Waals surface area contributed by atoms with E-state index in [0.717, 1.165) is 10.1 Å². The van der Waals surface area contributed by atoms with Gasteiger partial charge in [-0.3, -0.25) is 24.2 Å². The molecule has 0 bridgehead atoms. The van der Waals surface area contributed by atoms with E-state index in [0.29, 0.717) is 47.5 Å². The van der Waals surface area contributed by atoms with Crippen LogP contribution in [-0.2, 0) is 14.4 Å². The highest BCUT2D eigenvalue weighted by Gasteiger charge is 2.28. The topological polar surface area (TPSA) is 129 Å². The summed E-state index contributed by atoms with van der Waals surface area (Å²) in [6, 6.07) is 6.60. The molecule has 0 aliphatic carbocycles. The lowest BCUT2D eigenvalue weighted by atomic mass is 10.00. The second-order valence-electron chi connectivity index (χ2n) is 10.5. The van der Waals surface area contributed by atoms with Gasteiger partial charge >= 0.3 is 5.97 Å². The minimum Gasteiger partial charge on any atom is -0.481 e. The molecule has 2 aromatic heterocycles. The lowest BCUT2D eigenvalue weighted by Crippen LogP contribution is -2.49. The van der Waals surface area contributed by atoms with Crippen molar-refractivity contribution in [3.8, 4) is 0 Å². The summed E-state index contributed by atoms with van der Waals surface area (Å²) in [5.74, 6) is -2.90. The SMILES string of the molecule is CC(C)c1csc2c(Cl)c(Cl)c(/C=C/C(=O)N3CCC(NC(=O)C(CNC(=O)c4ccccn4)CC(=O)O)CC3)cc12. The van der Waals surface area contributed by atoms with E-state index in [9.17, 15) is 24.3 Å². The number of thiophene rings is 1. The second-order valence-corrected chi connectivity index (χ2v) is 12.1. The number of piperidine rings is 1. The number of carboxylic acid groups (broad SMARTS) is 1. The third-order valence-corrected chi connectivity index (χ3v) is 9.21. The Hall–Kier alpha value is -3.47. The smallest absolute Gasteiger partial charge is 0.304 e. The highest BCUT2D eigenvalue weighted by molar-refractivity contribution is 7.18. The lowest BCUT2D eigenvalue weighted by Gasteiger charge is -2.32. The van der Waals surface area contributed by atoms with Gasteiger partial charge in [0.15, 0.2) is 0 Å². The van der Waals surface area contributed by atoms with Crippen molar-refractivity contribution in [2.45, 2.75) is 45.1 Å². The number of carbonyl (C=O) groups excluding carboxylic acids is 3. The van der Waals surface area contributed by atoms with Gasteiger partial charge in [-0.25, -0.2) is 0 Å². The zero-order chi connectivity index (χ0) is 30.4. The van der Waals surface area contributed by atoms with Gasteiger partial charge in [0.2, 0.25) is 11.8 Å². The molecule has 3 amide bonds. The van der Waals surface area contributed by atoms with E-state index in [1.54, 1.807) is 34.4 Å². The Morgan fingerprint density at radius 2 is 1.90 bits per heavy atom. The van der Waals surface area contributed by atoms with Crippen LogP contribution in [0, 0.1) is 5.92 Å². The van der Waals surface area contributed by atoms with Crippen molar-refractivity contribution in [2.24, 2.45) is 5.92 Å². The normalized spacial score (nSPS) is 14.8. The third kappa shape index (κ3) is 7.67. The molecule has 12 heteroatoms. The first-order chi connectivity index (χ1) is 20.0. The highest BCUT2D eigenvalue weighted by atomic mass is 35.5. The maximum atomic E-state index is 12.9. The number of fused-ring (bicyclic) bond motifs is 1. The van der Waals surface area contributed by atoms with Crippen molar-refractivity contribution in [3.05, 3.63) is 68.8 Å². The fourth-order valence-corrected chi connectivity index (χ4v) is 6.58. The Labute approximate surface area is 257 Å². The van der Waals surface area contributed by atoms with Crippen LogP contribution in [0.4, 0.5) is 0 Å². The molecular weight excluding hydrogens is 599 g/mol. The van der Waals surface area contributed by atoms with E-state index >= 15 is 0 Å². The average molecular weight is 632 g/mol. The number of aliphatic carboxylic acids is 1. The Morgan fingerprint density at radius 1 is 1.17 bits per heavy atom. The molecule has 1 unspecified atom stereocenters. The van der Waals surface area contributed by atoms with Gasteiger partial charge in [-0.15, -0.1) is 11.3 Å². The lowest BCUT2D eigenvalue weighted by molar-refractivity contribution is -0.141. The predicted octanol–water partition coefficient (Wildman–Crippen LogP) is 5.37. The Balaban J connectivity index is 1.32. The van der Waals surface area contributed by atoms with Gasteiger partial charge in [0.1, 0.15) is 5.69 Å². The quantitative estimate of drug-likeness (QED) is 0.258. The number of aromatic nitrogens is 1. The summed E-state index contributed by atoms with van der Waals surface area (Å²) < 4.78 is 0.930. The first kappa shape index (κ1) is 31.5. The Kier molecular flexibility index (Phi) is 10.6. The standard InChI is InChI=1S/C30H32Cl2N4O5S/c1-17(2)22-16-42-28-21(22)13-18(26(31)27(28)32)6-7-24(37)36-11-8-20(9-12-36)35-29(40)19(14-25(38)39)15-34-30(41)23-5-3-4-10-33-23/h3-7,10,13,16-17,19-20H,8-9,11-12,14-15H2,1-2H3,(H,34,41)(H,35,40)(H,38,39)/b7-6+. The van der Waals surface area contributed by atoms with Gasteiger partial charge in [0.25, 0.3) is 5.91 Å². The molecule has 1 aromatic carbocycles. The van der Waals surface area contributed by atoms with Crippen LogP contribution < -0.4 is 10.6 Å². The van der Waals surface area contributed by atoms with Gasteiger partial charge in [-0.1, -0.05) is 43.1 Å². The third-order valence-electron chi connectivity index (χ3n) is 7.18. The van der Waals surface area contributed by atoms with Crippen molar-refractivity contribution >= 4 is 74.4 Å². The molecule has 0 saturated carbocycles. The number of amides is 3. The molecular formula is C30H32Cl2N4O5S. The number of pyridine rings is 1. The molecule has 1 aliphatic heterocycles. The van der Waals surface area contributed by atoms with Gasteiger partial charge in [0.05, 0.1) is 27.1 Å².